The van der Waals surface area contributed by atoms with Gasteiger partial charge in [-0.25, -0.2) is 23.0 Å². The third kappa shape index (κ3) is 7.83. The van der Waals surface area contributed by atoms with E-state index in [9.17, 15) is 24.3 Å². The van der Waals surface area contributed by atoms with Crippen LogP contribution in [0.2, 0.25) is 0 Å². The van der Waals surface area contributed by atoms with Crippen LogP contribution in [0.15, 0.2) is 47.5 Å². The summed E-state index contributed by atoms with van der Waals surface area (Å²) in [5, 5.41) is 35.4. The molecule has 0 bridgehead atoms. The zero-order valence-electron chi connectivity index (χ0n) is 32.3. The molecule has 57 heavy (non-hydrogen) atoms. The summed E-state index contributed by atoms with van der Waals surface area (Å²) < 4.78 is 19.2. The molecule has 0 spiro atoms. The number of nitrogens with one attached hydrogen (secondary N) is 2. The molecule has 16 nitrogen and oxygen atoms in total. The van der Waals surface area contributed by atoms with Crippen LogP contribution >= 0.6 is 0 Å². The molecule has 294 valence electrons. The summed E-state index contributed by atoms with van der Waals surface area (Å²) in [5.74, 6) is 1.50. The number of fused-ring (bicyclic) bond motifs is 2. The zero-order chi connectivity index (χ0) is 39.8. The Labute approximate surface area is 333 Å². The molecule has 2 aromatic carbocycles. The molecular weight excluding hydrogens is 743 g/mol. The van der Waals surface area contributed by atoms with Crippen LogP contribution in [-0.4, -0.2) is 100 Å². The van der Waals surface area contributed by atoms with E-state index in [-0.39, 0.29) is 18.4 Å². The highest BCUT2D eigenvalue weighted by Crippen LogP contribution is 2.34. The number of nitriles is 2. The Hall–Kier alpha value is -5.75. The van der Waals surface area contributed by atoms with Crippen LogP contribution in [-0.2, 0) is 36.3 Å². The number of amides is 3. The van der Waals surface area contributed by atoms with Gasteiger partial charge in [-0.2, -0.15) is 25.7 Å². The minimum Gasteiger partial charge on any atom is -0.351 e. The predicted octanol–water partition coefficient (Wildman–Crippen LogP) is 4.10. The van der Waals surface area contributed by atoms with E-state index in [4.69, 9.17) is 0 Å². The van der Waals surface area contributed by atoms with E-state index in [1.54, 1.807) is 17.9 Å². The lowest BCUT2D eigenvalue weighted by atomic mass is 9.88. The minimum atomic E-state index is -1.35. The van der Waals surface area contributed by atoms with Crippen LogP contribution in [0.25, 0.3) is 21.9 Å². The Bertz CT molecular complexity index is 2470. The number of benzene rings is 2. The quantitative estimate of drug-likeness (QED) is 0.207. The highest BCUT2D eigenvalue weighted by molar-refractivity contribution is 7.82. The number of carbonyl (C=O) groups is 2. The second-order valence-electron chi connectivity index (χ2n) is 15.4. The van der Waals surface area contributed by atoms with Crippen molar-refractivity contribution in [2.75, 3.05) is 49.5 Å². The summed E-state index contributed by atoms with van der Waals surface area (Å²) in [5.41, 5.74) is 4.68. The molecule has 3 saturated heterocycles. The van der Waals surface area contributed by atoms with Gasteiger partial charge in [0.25, 0.3) is 0 Å². The number of rotatable bonds is 10. The molecule has 3 aliphatic heterocycles. The number of piperidine rings is 2. The summed E-state index contributed by atoms with van der Waals surface area (Å²) in [6.45, 7) is 6.65. The molecule has 0 aliphatic carbocycles. The molecule has 3 aromatic heterocycles. The standard InChI is InChI=1S/C40H45N13O3S/c1-25(24-51-13-8-26(9-14-51)27-5-7-32-35(20-27)49(2)48-38(32)53-17-12-36(54)45-40(53)55)18-29-19-31(6-4-28(29)21-41)57(56)52-15-10-30(11-16-52)44-39-43-23-33-34(22-42)47-50(3)37(33)46-39/h4-7,19-20,23,25-26,30H,8-18,24H2,1-3H3,(H,43,44,46)(H,45,54,55). The van der Waals surface area contributed by atoms with E-state index >= 15 is 0 Å². The fraction of sp³-hybridized carbons (Fsp3) is 0.450. The maximum absolute atomic E-state index is 13.8. The Kier molecular flexibility index (Phi) is 10.7. The second-order valence-corrected chi connectivity index (χ2v) is 16.9. The van der Waals surface area contributed by atoms with E-state index in [1.807, 2.05) is 40.3 Å². The van der Waals surface area contributed by atoms with E-state index < -0.39 is 17.0 Å². The smallest absolute Gasteiger partial charge is 0.329 e. The third-order valence-electron chi connectivity index (χ3n) is 11.5. The van der Waals surface area contributed by atoms with Gasteiger partial charge in [0, 0.05) is 64.3 Å². The maximum Gasteiger partial charge on any atom is 0.329 e. The number of hydrogen-bond donors (Lipinski definition) is 2. The fourth-order valence-corrected chi connectivity index (χ4v) is 9.72. The van der Waals surface area contributed by atoms with Crippen molar-refractivity contribution in [1.29, 1.82) is 10.5 Å². The minimum absolute atomic E-state index is 0.116. The molecule has 2 N–H and O–H groups in total. The van der Waals surface area contributed by atoms with E-state index in [0.717, 1.165) is 68.2 Å². The summed E-state index contributed by atoms with van der Waals surface area (Å²) >= 11 is 0. The van der Waals surface area contributed by atoms with E-state index in [0.29, 0.717) is 70.4 Å². The number of carbonyl (C=O) groups excluding carboxylic acids is 2. The van der Waals surface area contributed by atoms with Crippen molar-refractivity contribution in [3.05, 3.63) is 65.0 Å². The topological polar surface area (TPSA) is 194 Å². The van der Waals surface area contributed by atoms with E-state index in [1.165, 1.54) is 10.5 Å². The first kappa shape index (κ1) is 38.1. The number of imide groups is 1. The van der Waals surface area contributed by atoms with Gasteiger partial charge < -0.3 is 10.2 Å². The molecular formula is C40H45N13O3S. The molecule has 6 heterocycles. The van der Waals surface area contributed by atoms with Crippen molar-refractivity contribution in [2.24, 2.45) is 20.0 Å². The Morgan fingerprint density at radius 2 is 1.74 bits per heavy atom. The summed E-state index contributed by atoms with van der Waals surface area (Å²) in [6, 6.07) is 16.1. The first-order valence-electron chi connectivity index (χ1n) is 19.4. The van der Waals surface area contributed by atoms with Crippen LogP contribution in [0, 0.1) is 28.6 Å². The maximum atomic E-state index is 13.8. The average molecular weight is 788 g/mol. The van der Waals surface area contributed by atoms with Crippen molar-refractivity contribution in [3.63, 3.8) is 0 Å². The Morgan fingerprint density at radius 1 is 0.947 bits per heavy atom. The first-order chi connectivity index (χ1) is 27.6. The average Bonchev–Trinajstić information content (AvgIpc) is 3.72. The van der Waals surface area contributed by atoms with Gasteiger partial charge in [-0.05, 0) is 98.5 Å². The van der Waals surface area contributed by atoms with Crippen molar-refractivity contribution >= 4 is 56.6 Å². The summed E-state index contributed by atoms with van der Waals surface area (Å²) in [7, 11) is 2.28. The molecule has 3 amide bonds. The Balaban J connectivity index is 0.839. The SMILES string of the molecule is CC(Cc1cc(S(=O)N2CCC(Nc3ncc4c(C#N)nn(C)c4n3)CC2)ccc1C#N)CN1CCC(c2ccc3c(N4CCC(=O)NC4=O)nn(C)c3c2)CC1. The molecule has 17 heteroatoms. The number of anilines is 2. The monoisotopic (exact) mass is 787 g/mol. The Morgan fingerprint density at radius 3 is 2.47 bits per heavy atom. The van der Waals surface area contributed by atoms with Crippen LogP contribution in [0.5, 0.6) is 0 Å². The number of aromatic nitrogens is 6. The van der Waals surface area contributed by atoms with Gasteiger partial charge >= 0.3 is 6.03 Å². The lowest BCUT2D eigenvalue weighted by Crippen LogP contribution is -2.49. The second kappa shape index (κ2) is 16.0. The van der Waals surface area contributed by atoms with Gasteiger partial charge in [-0.3, -0.25) is 19.7 Å². The van der Waals surface area contributed by atoms with E-state index in [2.05, 4.69) is 66.9 Å². The van der Waals surface area contributed by atoms with Crippen LogP contribution in [0.4, 0.5) is 16.6 Å². The highest BCUT2D eigenvalue weighted by Gasteiger charge is 2.30. The first-order valence-corrected chi connectivity index (χ1v) is 20.6. The highest BCUT2D eigenvalue weighted by atomic mass is 32.2. The molecule has 3 fully saturated rings. The van der Waals surface area contributed by atoms with Crippen LogP contribution < -0.4 is 15.5 Å². The lowest BCUT2D eigenvalue weighted by Gasteiger charge is -2.34. The van der Waals surface area contributed by atoms with Crippen molar-refractivity contribution in [1.82, 2.24) is 44.1 Å². The number of aryl methyl sites for hydroxylation is 2. The number of urea groups is 1. The third-order valence-corrected chi connectivity index (χ3v) is 13.0. The van der Waals surface area contributed by atoms with Crippen LogP contribution in [0.1, 0.15) is 67.3 Å². The fourth-order valence-electron chi connectivity index (χ4n) is 8.45. The molecule has 5 aromatic rings. The molecule has 0 saturated carbocycles. The number of likely N-dealkylation sites (tertiary alicyclic amines) is 1. The van der Waals surface area contributed by atoms with Gasteiger partial charge in [0.05, 0.1) is 27.4 Å². The predicted molar refractivity (Wildman–Crippen MR) is 214 cm³/mol. The van der Waals surface area contributed by atoms with Crippen molar-refractivity contribution in [3.8, 4) is 12.1 Å². The lowest BCUT2D eigenvalue weighted by molar-refractivity contribution is -0.120. The number of nitrogens with zero attached hydrogens (tertiary/aromatic N) is 11. The van der Waals surface area contributed by atoms with Gasteiger partial charge in [0.15, 0.2) is 17.2 Å². The molecule has 3 aliphatic rings. The van der Waals surface area contributed by atoms with Crippen LogP contribution in [0.3, 0.4) is 0 Å². The normalized spacial score (nSPS) is 18.7. The van der Waals surface area contributed by atoms with Crippen molar-refractivity contribution < 1.29 is 13.8 Å². The summed E-state index contributed by atoms with van der Waals surface area (Å²) in [4.78, 5) is 37.9. The van der Waals surface area contributed by atoms with Gasteiger partial charge in [0.2, 0.25) is 11.9 Å². The number of hydrogen-bond acceptors (Lipinski definition) is 11. The largest absolute Gasteiger partial charge is 0.351 e. The van der Waals surface area contributed by atoms with Gasteiger partial charge in [0.1, 0.15) is 17.1 Å². The van der Waals surface area contributed by atoms with Crippen molar-refractivity contribution in [2.45, 2.75) is 62.3 Å². The molecule has 8 rings (SSSR count). The molecule has 0 radical (unpaired) electrons. The molecule has 2 atom stereocenters. The zero-order valence-corrected chi connectivity index (χ0v) is 33.1. The van der Waals surface area contributed by atoms with Gasteiger partial charge in [-0.1, -0.05) is 13.0 Å². The van der Waals surface area contributed by atoms with Gasteiger partial charge in [-0.15, -0.1) is 0 Å². The molecule has 2 unspecified atom stereocenters. The summed E-state index contributed by atoms with van der Waals surface area (Å²) in [6.07, 6.45) is 6.18.